The quantitative estimate of drug-likeness (QED) is 0.846. The van der Waals surface area contributed by atoms with Crippen molar-refractivity contribution in [2.45, 2.75) is 33.2 Å². The third-order valence-corrected chi connectivity index (χ3v) is 6.80. The van der Waals surface area contributed by atoms with E-state index in [-0.39, 0.29) is 30.0 Å². The molecule has 146 valence electrons. The summed E-state index contributed by atoms with van der Waals surface area (Å²) in [5, 5.41) is 7.29. The largest absolute Gasteiger partial charge is 0.365 e. The fourth-order valence-corrected chi connectivity index (χ4v) is 5.18. The number of nitrogens with zero attached hydrogens (tertiary/aromatic N) is 3. The second kappa shape index (κ2) is 7.34. The molecule has 1 aromatic heterocycles. The summed E-state index contributed by atoms with van der Waals surface area (Å²) in [5.74, 6) is 0.619. The molecule has 2 aromatic rings. The van der Waals surface area contributed by atoms with E-state index in [0.717, 1.165) is 16.9 Å². The van der Waals surface area contributed by atoms with Crippen LogP contribution >= 0.6 is 0 Å². The number of aryl methyl sites for hydroxylation is 2. The van der Waals surface area contributed by atoms with Crippen molar-refractivity contribution in [1.29, 1.82) is 0 Å². The summed E-state index contributed by atoms with van der Waals surface area (Å²) >= 11 is 0. The van der Waals surface area contributed by atoms with Gasteiger partial charge in [-0.3, -0.25) is 4.79 Å². The number of nitrogens with one attached hydrogen (secondary N) is 1. The summed E-state index contributed by atoms with van der Waals surface area (Å²) in [6.07, 6.45) is 0.523. The minimum absolute atomic E-state index is 0.0688. The first kappa shape index (κ1) is 19.4. The number of amides is 1. The molecule has 0 spiro atoms. The molecule has 1 unspecified atom stereocenters. The van der Waals surface area contributed by atoms with Gasteiger partial charge in [-0.1, -0.05) is 12.1 Å². The number of hydrogen-bond acceptors (Lipinski definition) is 5. The normalized spacial score (nSPS) is 18.4. The molecule has 1 aliphatic heterocycles. The summed E-state index contributed by atoms with van der Waals surface area (Å²) in [5.41, 5.74) is 4.08. The minimum atomic E-state index is -3.03. The van der Waals surface area contributed by atoms with Crippen LogP contribution in [0.3, 0.4) is 0 Å². The van der Waals surface area contributed by atoms with E-state index < -0.39 is 9.84 Å². The molecular weight excluding hydrogens is 364 g/mol. The van der Waals surface area contributed by atoms with E-state index in [2.05, 4.69) is 10.4 Å². The van der Waals surface area contributed by atoms with Crippen molar-refractivity contribution < 1.29 is 13.2 Å². The molecule has 1 atom stereocenters. The fourth-order valence-electron chi connectivity index (χ4n) is 3.49. The second-order valence-electron chi connectivity index (χ2n) is 7.30. The van der Waals surface area contributed by atoms with Gasteiger partial charge in [-0.15, -0.1) is 0 Å². The SMILES string of the molecule is Cc1cc(NC(=O)CN(C)c2cccc(C)c2C)n(C2CCS(=O)(=O)C2)n1. The number of carbonyl (C=O) groups excluding carboxylic acids is 1. The molecule has 0 radical (unpaired) electrons. The van der Waals surface area contributed by atoms with Crippen LogP contribution in [0.1, 0.15) is 29.3 Å². The summed E-state index contributed by atoms with van der Waals surface area (Å²) in [6.45, 7) is 6.11. The van der Waals surface area contributed by atoms with Gasteiger partial charge in [0.1, 0.15) is 5.82 Å². The first-order valence-corrected chi connectivity index (χ1v) is 10.8. The van der Waals surface area contributed by atoms with Crippen LogP contribution in [0.4, 0.5) is 11.5 Å². The maximum absolute atomic E-state index is 12.6. The number of sulfone groups is 1. The highest BCUT2D eigenvalue weighted by atomic mass is 32.2. The van der Waals surface area contributed by atoms with Crippen molar-refractivity contribution in [3.05, 3.63) is 41.1 Å². The Balaban J connectivity index is 1.72. The zero-order valence-corrected chi connectivity index (χ0v) is 17.0. The lowest BCUT2D eigenvalue weighted by atomic mass is 10.1. The standard InChI is InChI=1S/C19H26N4O3S/c1-13-6-5-7-17(15(13)3)22(4)11-19(24)20-18-10-14(2)21-23(18)16-8-9-27(25,26)12-16/h5-7,10,16H,8-9,11-12H2,1-4H3,(H,20,24). The maximum atomic E-state index is 12.6. The summed E-state index contributed by atoms with van der Waals surface area (Å²) in [4.78, 5) is 14.5. The van der Waals surface area contributed by atoms with Gasteiger partial charge in [-0.2, -0.15) is 5.10 Å². The van der Waals surface area contributed by atoms with Gasteiger partial charge in [-0.25, -0.2) is 13.1 Å². The van der Waals surface area contributed by atoms with Gasteiger partial charge in [0.2, 0.25) is 5.91 Å². The zero-order chi connectivity index (χ0) is 19.8. The van der Waals surface area contributed by atoms with Crippen molar-refractivity contribution in [2.24, 2.45) is 0 Å². The Labute approximate surface area is 160 Å². The van der Waals surface area contributed by atoms with Gasteiger partial charge >= 0.3 is 0 Å². The molecule has 0 saturated carbocycles. The molecule has 1 aromatic carbocycles. The van der Waals surface area contributed by atoms with Crippen LogP contribution < -0.4 is 10.2 Å². The van der Waals surface area contributed by atoms with E-state index in [4.69, 9.17) is 0 Å². The van der Waals surface area contributed by atoms with Crippen LogP contribution in [-0.2, 0) is 14.6 Å². The molecule has 1 saturated heterocycles. The van der Waals surface area contributed by atoms with E-state index in [1.54, 1.807) is 10.7 Å². The zero-order valence-electron chi connectivity index (χ0n) is 16.2. The highest BCUT2D eigenvalue weighted by Gasteiger charge is 2.31. The molecule has 1 amide bonds. The Morgan fingerprint density at radius 3 is 2.74 bits per heavy atom. The average Bonchev–Trinajstić information content (AvgIpc) is 3.11. The predicted molar refractivity (Wildman–Crippen MR) is 107 cm³/mol. The van der Waals surface area contributed by atoms with Gasteiger partial charge in [0.25, 0.3) is 0 Å². The monoisotopic (exact) mass is 390 g/mol. The highest BCUT2D eigenvalue weighted by Crippen LogP contribution is 2.27. The molecule has 3 rings (SSSR count). The Morgan fingerprint density at radius 2 is 2.07 bits per heavy atom. The third kappa shape index (κ3) is 4.32. The van der Waals surface area contributed by atoms with Gasteiger partial charge in [0.05, 0.1) is 29.8 Å². The number of carbonyl (C=O) groups is 1. The average molecular weight is 391 g/mol. The smallest absolute Gasteiger partial charge is 0.245 e. The van der Waals surface area contributed by atoms with Gasteiger partial charge in [-0.05, 0) is 44.4 Å². The lowest BCUT2D eigenvalue weighted by Crippen LogP contribution is -2.31. The predicted octanol–water partition coefficient (Wildman–Crippen LogP) is 2.24. The summed E-state index contributed by atoms with van der Waals surface area (Å²) in [7, 11) is -1.14. The highest BCUT2D eigenvalue weighted by molar-refractivity contribution is 7.91. The molecule has 2 heterocycles. The molecule has 0 aliphatic carbocycles. The maximum Gasteiger partial charge on any atom is 0.245 e. The summed E-state index contributed by atoms with van der Waals surface area (Å²) in [6, 6.07) is 7.57. The number of anilines is 2. The Morgan fingerprint density at radius 1 is 1.33 bits per heavy atom. The van der Waals surface area contributed by atoms with E-state index in [9.17, 15) is 13.2 Å². The van der Waals surface area contributed by atoms with Crippen LogP contribution in [0.25, 0.3) is 0 Å². The first-order chi connectivity index (χ1) is 12.7. The molecule has 1 fully saturated rings. The third-order valence-electron chi connectivity index (χ3n) is 5.05. The molecular formula is C19H26N4O3S. The lowest BCUT2D eigenvalue weighted by molar-refractivity contribution is -0.115. The van der Waals surface area contributed by atoms with Crippen LogP contribution in [-0.4, -0.2) is 49.2 Å². The number of likely N-dealkylation sites (N-methyl/N-ethyl adjacent to an activating group) is 1. The Kier molecular flexibility index (Phi) is 5.28. The van der Waals surface area contributed by atoms with E-state index >= 15 is 0 Å². The van der Waals surface area contributed by atoms with Crippen LogP contribution in [0.2, 0.25) is 0 Å². The molecule has 1 N–H and O–H groups in total. The van der Waals surface area contributed by atoms with Crippen LogP contribution in [0.15, 0.2) is 24.3 Å². The molecule has 0 bridgehead atoms. The molecule has 1 aliphatic rings. The molecule has 7 nitrogen and oxygen atoms in total. The topological polar surface area (TPSA) is 84.3 Å². The summed E-state index contributed by atoms with van der Waals surface area (Å²) < 4.78 is 25.2. The van der Waals surface area contributed by atoms with Crippen molar-refractivity contribution >= 4 is 27.2 Å². The Hall–Kier alpha value is -2.35. The van der Waals surface area contributed by atoms with Crippen molar-refractivity contribution in [2.75, 3.05) is 35.3 Å². The Bertz CT molecular complexity index is 965. The second-order valence-corrected chi connectivity index (χ2v) is 9.52. The number of hydrogen-bond donors (Lipinski definition) is 1. The van der Waals surface area contributed by atoms with E-state index in [1.807, 2.05) is 50.9 Å². The molecule has 8 heteroatoms. The number of aromatic nitrogens is 2. The fraction of sp³-hybridized carbons (Fsp3) is 0.474. The van der Waals surface area contributed by atoms with E-state index in [0.29, 0.717) is 12.2 Å². The van der Waals surface area contributed by atoms with E-state index in [1.165, 1.54) is 5.56 Å². The van der Waals surface area contributed by atoms with Crippen molar-refractivity contribution in [3.63, 3.8) is 0 Å². The van der Waals surface area contributed by atoms with Crippen LogP contribution in [0, 0.1) is 20.8 Å². The van der Waals surface area contributed by atoms with Gasteiger partial charge in [0.15, 0.2) is 9.84 Å². The van der Waals surface area contributed by atoms with Crippen LogP contribution in [0.5, 0.6) is 0 Å². The van der Waals surface area contributed by atoms with Gasteiger partial charge < -0.3 is 10.2 Å². The van der Waals surface area contributed by atoms with Gasteiger partial charge in [0, 0.05) is 18.8 Å². The van der Waals surface area contributed by atoms with Crippen molar-refractivity contribution in [3.8, 4) is 0 Å². The molecule has 27 heavy (non-hydrogen) atoms. The first-order valence-electron chi connectivity index (χ1n) is 9.00. The lowest BCUT2D eigenvalue weighted by Gasteiger charge is -2.22. The minimum Gasteiger partial charge on any atom is -0.365 e. The number of benzene rings is 1. The van der Waals surface area contributed by atoms with Crippen molar-refractivity contribution in [1.82, 2.24) is 9.78 Å². The number of rotatable bonds is 5.